The number of rotatable bonds is 5. The van der Waals surface area contributed by atoms with E-state index in [9.17, 15) is 8.42 Å². The van der Waals surface area contributed by atoms with Gasteiger partial charge in [-0.25, -0.2) is 13.1 Å². The van der Waals surface area contributed by atoms with Gasteiger partial charge in [0, 0.05) is 5.69 Å². The minimum atomic E-state index is -3.24. The van der Waals surface area contributed by atoms with E-state index >= 15 is 0 Å². The minimum Gasteiger partial charge on any atom is -0.395 e. The summed E-state index contributed by atoms with van der Waals surface area (Å²) in [7, 11) is -3.24. The lowest BCUT2D eigenvalue weighted by Crippen LogP contribution is -2.12. The van der Waals surface area contributed by atoms with E-state index in [1.165, 1.54) is 0 Å². The van der Waals surface area contributed by atoms with Crippen LogP contribution in [0, 0.1) is 13.8 Å². The second-order valence-electron chi connectivity index (χ2n) is 4.82. The third-order valence-corrected chi connectivity index (χ3v) is 4.56. The van der Waals surface area contributed by atoms with Crippen LogP contribution in [0.25, 0.3) is 5.69 Å². The van der Waals surface area contributed by atoms with Crippen molar-refractivity contribution in [3.05, 3.63) is 47.3 Å². The summed E-state index contributed by atoms with van der Waals surface area (Å²) in [6, 6.07) is 9.24. The number of aliphatic hydroxyl groups excluding tert-OH is 1. The van der Waals surface area contributed by atoms with Crippen LogP contribution in [-0.4, -0.2) is 35.7 Å². The van der Waals surface area contributed by atoms with Gasteiger partial charge in [-0.05, 0) is 37.6 Å². The van der Waals surface area contributed by atoms with E-state index < -0.39 is 9.84 Å². The van der Waals surface area contributed by atoms with E-state index in [1.54, 1.807) is 12.1 Å². The maximum absolute atomic E-state index is 11.6. The van der Waals surface area contributed by atoms with Gasteiger partial charge in [0.05, 0.1) is 29.5 Å². The van der Waals surface area contributed by atoms with Crippen molar-refractivity contribution in [1.82, 2.24) is 9.78 Å². The lowest BCUT2D eigenvalue weighted by molar-refractivity contribution is 0.319. The lowest BCUT2D eigenvalue weighted by Gasteiger charge is -2.06. The number of nitrogens with zero attached hydrogens (tertiary/aromatic N) is 2. The molecule has 0 radical (unpaired) electrons. The molecule has 0 unspecified atom stereocenters. The van der Waals surface area contributed by atoms with Crippen molar-refractivity contribution in [2.45, 2.75) is 19.6 Å². The Bertz CT molecular complexity index is 688. The Labute approximate surface area is 118 Å². The first-order valence-corrected chi connectivity index (χ1v) is 8.17. The largest absolute Gasteiger partial charge is 0.395 e. The average molecular weight is 294 g/mol. The number of hydrogen-bond acceptors (Lipinski definition) is 4. The topological polar surface area (TPSA) is 72.2 Å². The van der Waals surface area contributed by atoms with E-state index in [-0.39, 0.29) is 18.1 Å². The summed E-state index contributed by atoms with van der Waals surface area (Å²) in [6.07, 6.45) is 0. The van der Waals surface area contributed by atoms with Crippen molar-refractivity contribution in [2.24, 2.45) is 0 Å². The Morgan fingerprint density at radius 2 is 1.85 bits per heavy atom. The summed E-state index contributed by atoms with van der Waals surface area (Å²) in [6.45, 7) is 3.56. The fourth-order valence-electron chi connectivity index (χ4n) is 2.09. The number of benzene rings is 1. The molecule has 2 rings (SSSR count). The van der Waals surface area contributed by atoms with Crippen molar-refractivity contribution >= 4 is 9.84 Å². The maximum Gasteiger partial charge on any atom is 0.156 e. The van der Waals surface area contributed by atoms with Gasteiger partial charge in [-0.3, -0.25) is 0 Å². The van der Waals surface area contributed by atoms with Crippen molar-refractivity contribution in [1.29, 1.82) is 0 Å². The van der Waals surface area contributed by atoms with Gasteiger partial charge in [-0.2, -0.15) is 5.10 Å². The molecular weight excluding hydrogens is 276 g/mol. The van der Waals surface area contributed by atoms with E-state index in [1.807, 2.05) is 36.7 Å². The van der Waals surface area contributed by atoms with Gasteiger partial charge in [-0.15, -0.1) is 0 Å². The second-order valence-corrected chi connectivity index (χ2v) is 7.01. The highest BCUT2D eigenvalue weighted by Crippen LogP contribution is 2.14. The first-order valence-electron chi connectivity index (χ1n) is 6.35. The quantitative estimate of drug-likeness (QED) is 0.904. The molecule has 0 spiro atoms. The number of hydrogen-bond donors (Lipinski definition) is 1. The number of aryl methyl sites for hydroxylation is 2. The molecule has 0 aliphatic heterocycles. The fraction of sp³-hybridized carbons (Fsp3) is 0.357. The maximum atomic E-state index is 11.6. The Morgan fingerprint density at radius 3 is 2.35 bits per heavy atom. The van der Waals surface area contributed by atoms with E-state index in [0.29, 0.717) is 5.56 Å². The van der Waals surface area contributed by atoms with Gasteiger partial charge in [0.2, 0.25) is 0 Å². The van der Waals surface area contributed by atoms with Crippen LogP contribution in [-0.2, 0) is 15.6 Å². The molecular formula is C14H18N2O3S. The van der Waals surface area contributed by atoms with E-state index in [2.05, 4.69) is 5.10 Å². The van der Waals surface area contributed by atoms with Crippen LogP contribution >= 0.6 is 0 Å². The molecule has 5 nitrogen and oxygen atoms in total. The monoisotopic (exact) mass is 294 g/mol. The van der Waals surface area contributed by atoms with Crippen LogP contribution in [0.2, 0.25) is 0 Å². The highest BCUT2D eigenvalue weighted by molar-refractivity contribution is 7.90. The van der Waals surface area contributed by atoms with Crippen molar-refractivity contribution in [3.63, 3.8) is 0 Å². The van der Waals surface area contributed by atoms with Crippen molar-refractivity contribution in [3.8, 4) is 5.69 Å². The van der Waals surface area contributed by atoms with E-state index in [4.69, 9.17) is 5.11 Å². The summed E-state index contributed by atoms with van der Waals surface area (Å²) in [5.41, 5.74) is 3.59. The molecule has 0 saturated heterocycles. The third-order valence-electron chi connectivity index (χ3n) is 2.98. The molecule has 1 N–H and O–H groups in total. The zero-order chi connectivity index (χ0) is 14.8. The predicted octanol–water partition coefficient (Wildman–Crippen LogP) is 1.40. The van der Waals surface area contributed by atoms with Gasteiger partial charge in [0.1, 0.15) is 0 Å². The van der Waals surface area contributed by atoms with Gasteiger partial charge in [-0.1, -0.05) is 12.1 Å². The summed E-state index contributed by atoms with van der Waals surface area (Å²) >= 11 is 0. The molecule has 1 heterocycles. The zero-order valence-corrected chi connectivity index (χ0v) is 12.4. The predicted molar refractivity (Wildman–Crippen MR) is 77.6 cm³/mol. The molecule has 0 bridgehead atoms. The minimum absolute atomic E-state index is 0.0506. The van der Waals surface area contributed by atoms with Gasteiger partial charge < -0.3 is 5.11 Å². The smallest absolute Gasteiger partial charge is 0.156 e. The molecule has 0 fully saturated rings. The van der Waals surface area contributed by atoms with Crippen LogP contribution in [0.15, 0.2) is 30.3 Å². The summed E-state index contributed by atoms with van der Waals surface area (Å²) in [5, 5.41) is 13.1. The van der Waals surface area contributed by atoms with Crippen LogP contribution in [0.5, 0.6) is 0 Å². The number of aromatic nitrogens is 2. The molecule has 0 atom stereocenters. The van der Waals surface area contributed by atoms with Crippen LogP contribution in [0.1, 0.15) is 17.0 Å². The van der Waals surface area contributed by atoms with Crippen LogP contribution in [0.4, 0.5) is 0 Å². The lowest BCUT2D eigenvalue weighted by atomic mass is 10.2. The Kier molecular flexibility index (Phi) is 4.25. The van der Waals surface area contributed by atoms with Crippen LogP contribution < -0.4 is 0 Å². The molecule has 0 saturated carbocycles. The number of aliphatic hydroxyl groups is 1. The third kappa shape index (κ3) is 3.46. The highest BCUT2D eigenvalue weighted by atomic mass is 32.2. The summed E-state index contributed by atoms with van der Waals surface area (Å²) in [4.78, 5) is 0. The number of sulfone groups is 1. The molecule has 20 heavy (non-hydrogen) atoms. The first-order chi connectivity index (χ1) is 9.41. The van der Waals surface area contributed by atoms with Crippen molar-refractivity contribution in [2.75, 3.05) is 12.4 Å². The Hall–Kier alpha value is -1.66. The molecule has 1 aromatic carbocycles. The van der Waals surface area contributed by atoms with Gasteiger partial charge >= 0.3 is 0 Å². The Balaban J connectivity index is 2.21. The van der Waals surface area contributed by atoms with Crippen molar-refractivity contribution < 1.29 is 13.5 Å². The normalized spacial score (nSPS) is 11.8. The molecule has 1 aromatic heterocycles. The summed E-state index contributed by atoms with van der Waals surface area (Å²) < 4.78 is 25.1. The summed E-state index contributed by atoms with van der Waals surface area (Å²) in [5.74, 6) is -0.253. The molecule has 108 valence electrons. The average Bonchev–Trinajstić information content (AvgIpc) is 2.69. The Morgan fingerprint density at radius 1 is 1.20 bits per heavy atom. The van der Waals surface area contributed by atoms with Gasteiger partial charge in [0.25, 0.3) is 0 Å². The van der Waals surface area contributed by atoms with E-state index in [0.717, 1.165) is 17.1 Å². The SMILES string of the molecule is Cc1cc(C)n(-c2ccc(CS(=O)(=O)CCO)cc2)n1. The standard InChI is InChI=1S/C14H18N2O3S/c1-11-9-12(2)16(15-11)14-5-3-13(4-6-14)10-20(18,19)8-7-17/h3-6,9,17H,7-8,10H2,1-2H3. The van der Waals surface area contributed by atoms with Gasteiger partial charge in [0.15, 0.2) is 9.84 Å². The molecule has 6 heteroatoms. The molecule has 0 amide bonds. The fourth-order valence-corrected chi connectivity index (χ4v) is 3.21. The zero-order valence-electron chi connectivity index (χ0n) is 11.6. The van der Waals surface area contributed by atoms with Crippen LogP contribution in [0.3, 0.4) is 0 Å². The molecule has 2 aromatic rings. The molecule has 0 aliphatic carbocycles. The highest BCUT2D eigenvalue weighted by Gasteiger charge is 2.11. The second kappa shape index (κ2) is 5.76. The first kappa shape index (κ1) is 14.7. The molecule has 0 aliphatic rings.